The zero-order valence-corrected chi connectivity index (χ0v) is 16.1. The highest BCUT2D eigenvalue weighted by molar-refractivity contribution is 5.80. The highest BCUT2D eigenvalue weighted by atomic mass is 16.5. The minimum absolute atomic E-state index is 0.0691. The second kappa shape index (κ2) is 6.44. The monoisotopic (exact) mass is 364 g/mol. The topological polar surface area (TPSA) is 73.8 Å². The number of hydrogen-bond acceptors (Lipinski definition) is 5. The van der Waals surface area contributed by atoms with Crippen molar-refractivity contribution in [1.82, 2.24) is 19.7 Å². The molecule has 4 rings (SSSR count). The van der Waals surface area contributed by atoms with E-state index in [1.54, 1.807) is 13.1 Å². The van der Waals surface area contributed by atoms with Gasteiger partial charge in [-0.1, -0.05) is 37.2 Å². The van der Waals surface area contributed by atoms with E-state index in [1.807, 2.05) is 25.3 Å². The maximum Gasteiger partial charge on any atom is 0.230 e. The molecular formula is C21H24N4O2. The summed E-state index contributed by atoms with van der Waals surface area (Å²) in [6.45, 7) is 8.61. The van der Waals surface area contributed by atoms with Crippen LogP contribution in [-0.2, 0) is 11.3 Å². The zero-order valence-electron chi connectivity index (χ0n) is 16.1. The second-order valence-corrected chi connectivity index (χ2v) is 8.03. The molecule has 1 fully saturated rings. The van der Waals surface area contributed by atoms with Crippen LogP contribution < -0.4 is 0 Å². The Labute approximate surface area is 158 Å². The first-order valence-corrected chi connectivity index (χ1v) is 9.27. The molecule has 2 aromatic heterocycles. The Morgan fingerprint density at radius 3 is 2.85 bits per heavy atom. The number of aromatic nitrogens is 4. The summed E-state index contributed by atoms with van der Waals surface area (Å²) >= 11 is 0. The quantitative estimate of drug-likeness (QED) is 0.684. The standard InChI is InChI=1S/C21H24N4O2/c1-13(26)17-11-18(21(17,3)4)20-23-19(24-27-20)16-7-5-6-15(10-16)12-25-9-8-22-14(25)2/h5-10,17-18H,11-12H2,1-4H3/t17-,18+/m0/s1. The van der Waals surface area contributed by atoms with Crippen LogP contribution in [0.15, 0.2) is 41.2 Å². The zero-order chi connectivity index (χ0) is 19.2. The van der Waals surface area contributed by atoms with Crippen molar-refractivity contribution in [3.05, 3.63) is 53.9 Å². The van der Waals surface area contributed by atoms with Crippen LogP contribution in [0.1, 0.15) is 50.4 Å². The lowest BCUT2D eigenvalue weighted by Crippen LogP contribution is -2.46. The highest BCUT2D eigenvalue weighted by Gasteiger charge is 2.53. The summed E-state index contributed by atoms with van der Waals surface area (Å²) in [5.41, 5.74) is 1.94. The summed E-state index contributed by atoms with van der Waals surface area (Å²) < 4.78 is 7.66. The van der Waals surface area contributed by atoms with Crippen LogP contribution in [0.2, 0.25) is 0 Å². The predicted octanol–water partition coefficient (Wildman–Crippen LogP) is 4.01. The third kappa shape index (κ3) is 3.09. The van der Waals surface area contributed by atoms with Crippen molar-refractivity contribution in [2.45, 2.75) is 46.6 Å². The fourth-order valence-electron chi connectivity index (χ4n) is 4.10. The molecule has 140 valence electrons. The Hall–Kier alpha value is -2.76. The van der Waals surface area contributed by atoms with E-state index in [4.69, 9.17) is 4.52 Å². The number of ketones is 1. The smallest absolute Gasteiger partial charge is 0.230 e. The Morgan fingerprint density at radius 1 is 1.37 bits per heavy atom. The van der Waals surface area contributed by atoms with E-state index >= 15 is 0 Å². The van der Waals surface area contributed by atoms with E-state index in [0.29, 0.717) is 11.7 Å². The largest absolute Gasteiger partial charge is 0.339 e. The number of imidazole rings is 1. The average Bonchev–Trinajstić information content (AvgIpc) is 3.24. The van der Waals surface area contributed by atoms with Gasteiger partial charge in [-0.3, -0.25) is 4.79 Å². The van der Waals surface area contributed by atoms with Gasteiger partial charge in [0.1, 0.15) is 11.6 Å². The van der Waals surface area contributed by atoms with Crippen LogP contribution in [0, 0.1) is 18.3 Å². The highest BCUT2D eigenvalue weighted by Crippen LogP contribution is 2.56. The van der Waals surface area contributed by atoms with Crippen LogP contribution >= 0.6 is 0 Å². The summed E-state index contributed by atoms with van der Waals surface area (Å²) in [7, 11) is 0. The number of carbonyl (C=O) groups is 1. The van der Waals surface area contributed by atoms with Gasteiger partial charge in [-0.2, -0.15) is 4.98 Å². The molecule has 1 aliphatic rings. The first-order valence-electron chi connectivity index (χ1n) is 9.27. The van der Waals surface area contributed by atoms with Gasteiger partial charge in [0, 0.05) is 36.3 Å². The van der Waals surface area contributed by atoms with Crippen molar-refractivity contribution in [1.29, 1.82) is 0 Å². The molecule has 0 bridgehead atoms. The van der Waals surface area contributed by atoms with E-state index in [0.717, 1.165) is 29.9 Å². The van der Waals surface area contributed by atoms with Gasteiger partial charge >= 0.3 is 0 Å². The number of Topliss-reactive ketones (excluding diaryl/α,β-unsaturated/α-hetero) is 1. The Balaban J connectivity index is 1.55. The van der Waals surface area contributed by atoms with Gasteiger partial charge in [0.25, 0.3) is 0 Å². The van der Waals surface area contributed by atoms with Crippen molar-refractivity contribution >= 4 is 5.78 Å². The maximum atomic E-state index is 11.8. The minimum Gasteiger partial charge on any atom is -0.339 e. The summed E-state index contributed by atoms with van der Waals surface area (Å²) in [6.07, 6.45) is 4.56. The van der Waals surface area contributed by atoms with E-state index in [1.165, 1.54) is 0 Å². The van der Waals surface area contributed by atoms with Gasteiger partial charge in [0.2, 0.25) is 11.7 Å². The molecule has 0 amide bonds. The van der Waals surface area contributed by atoms with Crippen molar-refractivity contribution in [3.63, 3.8) is 0 Å². The Bertz CT molecular complexity index is 985. The molecule has 6 heteroatoms. The SMILES string of the molecule is CC(=O)[C@@H]1C[C@H](c2nc(-c3cccc(Cn4ccnc4C)c3)no2)C1(C)C. The van der Waals surface area contributed by atoms with E-state index in [-0.39, 0.29) is 23.0 Å². The molecule has 0 aliphatic heterocycles. The Morgan fingerprint density at radius 2 is 2.19 bits per heavy atom. The molecule has 6 nitrogen and oxygen atoms in total. The van der Waals surface area contributed by atoms with Crippen molar-refractivity contribution < 1.29 is 9.32 Å². The summed E-state index contributed by atoms with van der Waals surface area (Å²) in [6, 6.07) is 8.16. The number of nitrogens with zero attached hydrogens (tertiary/aromatic N) is 4. The van der Waals surface area contributed by atoms with Crippen molar-refractivity contribution in [3.8, 4) is 11.4 Å². The lowest BCUT2D eigenvalue weighted by atomic mass is 9.53. The molecule has 0 radical (unpaired) electrons. The fourth-order valence-corrected chi connectivity index (χ4v) is 4.10. The number of benzene rings is 1. The predicted molar refractivity (Wildman–Crippen MR) is 101 cm³/mol. The first-order chi connectivity index (χ1) is 12.9. The van der Waals surface area contributed by atoms with Crippen molar-refractivity contribution in [2.75, 3.05) is 0 Å². The molecule has 0 spiro atoms. The van der Waals surface area contributed by atoms with E-state index in [2.05, 4.69) is 45.7 Å². The average molecular weight is 364 g/mol. The molecule has 0 N–H and O–H groups in total. The van der Waals surface area contributed by atoms with Crippen LogP contribution in [0.5, 0.6) is 0 Å². The molecule has 1 saturated carbocycles. The first kappa shape index (κ1) is 17.6. The maximum absolute atomic E-state index is 11.8. The van der Waals surface area contributed by atoms with Gasteiger partial charge in [-0.05, 0) is 37.3 Å². The van der Waals surface area contributed by atoms with E-state index in [9.17, 15) is 4.79 Å². The molecule has 1 aliphatic carbocycles. The second-order valence-electron chi connectivity index (χ2n) is 8.03. The summed E-state index contributed by atoms with van der Waals surface area (Å²) in [5, 5.41) is 4.19. The minimum atomic E-state index is -0.142. The molecule has 0 unspecified atom stereocenters. The third-order valence-electron chi connectivity index (χ3n) is 5.96. The van der Waals surface area contributed by atoms with Gasteiger partial charge in [0.15, 0.2) is 0 Å². The molecular weight excluding hydrogens is 340 g/mol. The lowest BCUT2D eigenvalue weighted by Gasteiger charge is -2.49. The number of carbonyl (C=O) groups excluding carboxylic acids is 1. The molecule has 2 atom stereocenters. The number of rotatable bonds is 5. The molecule has 2 heterocycles. The molecule has 3 aromatic rings. The summed E-state index contributed by atoms with van der Waals surface area (Å²) in [5.74, 6) is 2.64. The van der Waals surface area contributed by atoms with Gasteiger partial charge in [-0.25, -0.2) is 4.98 Å². The lowest BCUT2D eigenvalue weighted by molar-refractivity contribution is -0.132. The van der Waals surface area contributed by atoms with Crippen LogP contribution in [0.4, 0.5) is 0 Å². The van der Waals surface area contributed by atoms with Crippen molar-refractivity contribution in [2.24, 2.45) is 11.3 Å². The Kier molecular flexibility index (Phi) is 4.21. The van der Waals surface area contributed by atoms with Gasteiger partial charge in [-0.15, -0.1) is 0 Å². The number of hydrogen-bond donors (Lipinski definition) is 0. The van der Waals surface area contributed by atoms with E-state index < -0.39 is 0 Å². The summed E-state index contributed by atoms with van der Waals surface area (Å²) in [4.78, 5) is 20.7. The third-order valence-corrected chi connectivity index (χ3v) is 5.96. The molecule has 27 heavy (non-hydrogen) atoms. The van der Waals surface area contributed by atoms with Crippen LogP contribution in [0.25, 0.3) is 11.4 Å². The van der Waals surface area contributed by atoms with Crippen LogP contribution in [0.3, 0.4) is 0 Å². The van der Waals surface area contributed by atoms with Gasteiger partial charge < -0.3 is 9.09 Å². The molecule has 0 saturated heterocycles. The number of aryl methyl sites for hydroxylation is 1. The normalized spacial score (nSPS) is 21.0. The van der Waals surface area contributed by atoms with Crippen LogP contribution in [-0.4, -0.2) is 25.5 Å². The fraction of sp³-hybridized carbons (Fsp3) is 0.429. The molecule has 1 aromatic carbocycles. The van der Waals surface area contributed by atoms with Gasteiger partial charge in [0.05, 0.1) is 0 Å².